The quantitative estimate of drug-likeness (QED) is 0.417. The number of hydrogen-bond acceptors (Lipinski definition) is 6. The predicted molar refractivity (Wildman–Crippen MR) is 115 cm³/mol. The SMILES string of the molecule is CCOC(=O)c1c(Nc2ccc(N3CCOCC3)cc2)nc2ccc(F)cc2c1C(F)(F)F. The first-order chi connectivity index (χ1) is 15.8. The van der Waals surface area contributed by atoms with Gasteiger partial charge in [0.25, 0.3) is 0 Å². The van der Waals surface area contributed by atoms with Crippen molar-refractivity contribution in [2.24, 2.45) is 0 Å². The Balaban J connectivity index is 1.80. The summed E-state index contributed by atoms with van der Waals surface area (Å²) in [6.45, 7) is 4.05. The third-order valence-corrected chi connectivity index (χ3v) is 5.22. The number of morpholine rings is 1. The lowest BCUT2D eigenvalue weighted by molar-refractivity contribution is -0.136. The van der Waals surface area contributed by atoms with Gasteiger partial charge in [-0.25, -0.2) is 14.2 Å². The van der Waals surface area contributed by atoms with E-state index in [0.29, 0.717) is 18.9 Å². The molecule has 2 aromatic carbocycles. The molecule has 3 aromatic rings. The highest BCUT2D eigenvalue weighted by Crippen LogP contribution is 2.41. The highest BCUT2D eigenvalue weighted by Gasteiger charge is 2.40. The van der Waals surface area contributed by atoms with E-state index in [1.165, 1.54) is 6.92 Å². The van der Waals surface area contributed by atoms with Crippen LogP contribution in [-0.2, 0) is 15.7 Å². The van der Waals surface area contributed by atoms with Crippen molar-refractivity contribution in [2.45, 2.75) is 13.1 Å². The van der Waals surface area contributed by atoms with E-state index in [2.05, 4.69) is 15.2 Å². The number of esters is 1. The summed E-state index contributed by atoms with van der Waals surface area (Å²) in [5.41, 5.74) is -0.825. The van der Waals surface area contributed by atoms with Crippen molar-refractivity contribution in [3.8, 4) is 0 Å². The number of fused-ring (bicyclic) bond motifs is 1. The molecular weight excluding hydrogens is 442 g/mol. The van der Waals surface area contributed by atoms with Crippen LogP contribution in [0.5, 0.6) is 0 Å². The van der Waals surface area contributed by atoms with E-state index < -0.39 is 34.5 Å². The summed E-state index contributed by atoms with van der Waals surface area (Å²) in [7, 11) is 0. The van der Waals surface area contributed by atoms with Crippen LogP contribution >= 0.6 is 0 Å². The molecule has 174 valence electrons. The van der Waals surface area contributed by atoms with Crippen molar-refractivity contribution >= 4 is 34.1 Å². The van der Waals surface area contributed by atoms with E-state index in [9.17, 15) is 22.4 Å². The second-order valence-corrected chi connectivity index (χ2v) is 7.36. The number of nitrogens with zero attached hydrogens (tertiary/aromatic N) is 2. The van der Waals surface area contributed by atoms with E-state index in [0.717, 1.165) is 37.0 Å². The molecule has 0 radical (unpaired) electrons. The van der Waals surface area contributed by atoms with E-state index in [1.54, 1.807) is 12.1 Å². The second kappa shape index (κ2) is 9.22. The zero-order chi connectivity index (χ0) is 23.6. The van der Waals surface area contributed by atoms with Gasteiger partial charge in [-0.05, 0) is 49.4 Å². The molecule has 0 unspecified atom stereocenters. The van der Waals surface area contributed by atoms with Gasteiger partial charge in [-0.2, -0.15) is 13.2 Å². The maximum Gasteiger partial charge on any atom is 0.418 e. The number of carbonyl (C=O) groups is 1. The van der Waals surface area contributed by atoms with Crippen LogP contribution in [0.25, 0.3) is 10.9 Å². The van der Waals surface area contributed by atoms with Crippen LogP contribution in [0.3, 0.4) is 0 Å². The molecule has 0 atom stereocenters. The Hall–Kier alpha value is -3.40. The Bertz CT molecular complexity index is 1160. The molecule has 0 saturated carbocycles. The van der Waals surface area contributed by atoms with Gasteiger partial charge >= 0.3 is 12.1 Å². The van der Waals surface area contributed by atoms with Crippen molar-refractivity contribution < 1.29 is 31.8 Å². The normalized spacial score (nSPS) is 14.4. The predicted octanol–water partition coefficient (Wildman–Crippen LogP) is 5.15. The molecule has 10 heteroatoms. The molecule has 1 N–H and O–H groups in total. The molecule has 4 rings (SSSR count). The van der Waals surface area contributed by atoms with Gasteiger partial charge in [0.15, 0.2) is 0 Å². The molecule has 1 aliphatic rings. The number of aromatic nitrogens is 1. The fraction of sp³-hybridized carbons (Fsp3) is 0.304. The first kappa shape index (κ1) is 22.8. The zero-order valence-corrected chi connectivity index (χ0v) is 17.7. The number of ether oxygens (including phenoxy) is 2. The van der Waals surface area contributed by atoms with Gasteiger partial charge in [0.1, 0.15) is 17.2 Å². The van der Waals surface area contributed by atoms with Crippen molar-refractivity contribution in [3.05, 3.63) is 59.4 Å². The number of hydrogen-bond donors (Lipinski definition) is 1. The molecule has 1 aromatic heterocycles. The lowest BCUT2D eigenvalue weighted by Gasteiger charge is -2.29. The van der Waals surface area contributed by atoms with Crippen molar-refractivity contribution in [1.82, 2.24) is 4.98 Å². The van der Waals surface area contributed by atoms with Crippen molar-refractivity contribution in [2.75, 3.05) is 43.1 Å². The van der Waals surface area contributed by atoms with E-state index in [1.807, 2.05) is 12.1 Å². The maximum atomic E-state index is 14.1. The van der Waals surface area contributed by atoms with Gasteiger partial charge < -0.3 is 19.7 Å². The number of halogens is 4. The molecule has 1 saturated heterocycles. The number of pyridine rings is 1. The number of rotatable bonds is 5. The summed E-state index contributed by atoms with van der Waals surface area (Å²) in [6, 6.07) is 9.88. The van der Waals surface area contributed by atoms with E-state index in [-0.39, 0.29) is 17.9 Å². The van der Waals surface area contributed by atoms with Crippen LogP contribution in [-0.4, -0.2) is 43.9 Å². The molecule has 6 nitrogen and oxygen atoms in total. The summed E-state index contributed by atoms with van der Waals surface area (Å²) in [4.78, 5) is 18.9. The van der Waals surface area contributed by atoms with Crippen LogP contribution in [0, 0.1) is 5.82 Å². The number of nitrogens with one attached hydrogen (secondary N) is 1. The minimum absolute atomic E-state index is 0.107. The lowest BCUT2D eigenvalue weighted by Crippen LogP contribution is -2.36. The second-order valence-electron chi connectivity index (χ2n) is 7.36. The summed E-state index contributed by atoms with van der Waals surface area (Å²) >= 11 is 0. The Labute approximate surface area is 187 Å². The molecule has 0 amide bonds. The number of anilines is 3. The number of alkyl halides is 3. The summed E-state index contributed by atoms with van der Waals surface area (Å²) in [5, 5.41) is 2.30. The Morgan fingerprint density at radius 1 is 1.15 bits per heavy atom. The number of benzene rings is 2. The molecule has 1 aliphatic heterocycles. The molecule has 2 heterocycles. The minimum Gasteiger partial charge on any atom is -0.462 e. The van der Waals surface area contributed by atoms with Crippen molar-refractivity contribution in [1.29, 1.82) is 0 Å². The summed E-state index contributed by atoms with van der Waals surface area (Å²) in [6.07, 6.45) is -4.95. The monoisotopic (exact) mass is 463 g/mol. The molecule has 0 aliphatic carbocycles. The lowest BCUT2D eigenvalue weighted by atomic mass is 10.0. The smallest absolute Gasteiger partial charge is 0.418 e. The number of carbonyl (C=O) groups excluding carboxylic acids is 1. The van der Waals surface area contributed by atoms with Crippen LogP contribution in [0.1, 0.15) is 22.8 Å². The first-order valence-electron chi connectivity index (χ1n) is 10.3. The summed E-state index contributed by atoms with van der Waals surface area (Å²) < 4.78 is 66.3. The fourth-order valence-corrected chi connectivity index (χ4v) is 3.74. The third kappa shape index (κ3) is 4.85. The summed E-state index contributed by atoms with van der Waals surface area (Å²) in [5.74, 6) is -2.39. The zero-order valence-electron chi connectivity index (χ0n) is 17.7. The largest absolute Gasteiger partial charge is 0.462 e. The van der Waals surface area contributed by atoms with Gasteiger partial charge in [0, 0.05) is 29.9 Å². The van der Waals surface area contributed by atoms with Gasteiger partial charge in [-0.1, -0.05) is 0 Å². The molecule has 0 spiro atoms. The fourth-order valence-electron chi connectivity index (χ4n) is 3.74. The molecular formula is C23H21F4N3O3. The van der Waals surface area contributed by atoms with Crippen LogP contribution in [0.2, 0.25) is 0 Å². The van der Waals surface area contributed by atoms with Crippen LogP contribution in [0.4, 0.5) is 34.8 Å². The van der Waals surface area contributed by atoms with Gasteiger partial charge in [-0.15, -0.1) is 0 Å². The topological polar surface area (TPSA) is 63.7 Å². The molecule has 0 bridgehead atoms. The van der Waals surface area contributed by atoms with Crippen LogP contribution < -0.4 is 10.2 Å². The Kier molecular flexibility index (Phi) is 6.37. The highest BCUT2D eigenvalue weighted by molar-refractivity contribution is 6.03. The standard InChI is InChI=1S/C23H21F4N3O3/c1-2-33-22(31)19-20(23(25,26)27)17-13-14(24)3-8-18(17)29-21(19)28-15-4-6-16(7-5-15)30-9-11-32-12-10-30/h3-8,13H,2,9-12H2,1H3,(H,28,29). The maximum absolute atomic E-state index is 14.1. The Morgan fingerprint density at radius 3 is 2.48 bits per heavy atom. The highest BCUT2D eigenvalue weighted by atomic mass is 19.4. The van der Waals surface area contributed by atoms with Gasteiger partial charge in [0.2, 0.25) is 0 Å². The van der Waals surface area contributed by atoms with E-state index in [4.69, 9.17) is 9.47 Å². The average Bonchev–Trinajstić information content (AvgIpc) is 2.79. The molecule has 1 fully saturated rings. The van der Waals surface area contributed by atoms with Crippen molar-refractivity contribution in [3.63, 3.8) is 0 Å². The van der Waals surface area contributed by atoms with Gasteiger partial charge in [-0.3, -0.25) is 0 Å². The molecule has 33 heavy (non-hydrogen) atoms. The van der Waals surface area contributed by atoms with Gasteiger partial charge in [0.05, 0.1) is 30.9 Å². The Morgan fingerprint density at radius 2 is 1.85 bits per heavy atom. The van der Waals surface area contributed by atoms with Crippen LogP contribution in [0.15, 0.2) is 42.5 Å². The average molecular weight is 463 g/mol. The third-order valence-electron chi connectivity index (χ3n) is 5.22. The minimum atomic E-state index is -4.95. The van der Waals surface area contributed by atoms with E-state index >= 15 is 0 Å². The first-order valence-corrected chi connectivity index (χ1v) is 10.3.